The highest BCUT2D eigenvalue weighted by Crippen LogP contribution is 2.33. The first-order chi connectivity index (χ1) is 23.6. The van der Waals surface area contributed by atoms with Gasteiger partial charge in [0.15, 0.2) is 0 Å². The van der Waals surface area contributed by atoms with E-state index in [1.54, 1.807) is 12.1 Å². The minimum atomic E-state index is -0.0274. The van der Waals surface area contributed by atoms with Crippen LogP contribution in [0.5, 0.6) is 0 Å². The second-order valence-electron chi connectivity index (χ2n) is 12.0. The molecule has 4 heteroatoms. The fourth-order valence-corrected chi connectivity index (χ4v) is 6.60. The fraction of sp³-hybridized carbons (Fsp3) is 0. The van der Waals surface area contributed by atoms with Crippen LogP contribution in [0.25, 0.3) is 88.4 Å². The Labute approximate surface area is 274 Å². The molecule has 9 aromatic rings. The van der Waals surface area contributed by atoms with Crippen LogP contribution in [0.2, 0.25) is 0 Å². The molecule has 0 spiro atoms. The lowest BCUT2D eigenvalue weighted by Gasteiger charge is -2.11. The second kappa shape index (κ2) is 11.1. The zero-order valence-electron chi connectivity index (χ0n) is 25.6. The van der Waals surface area contributed by atoms with Crippen LogP contribution in [0.15, 0.2) is 176 Å². The molecule has 2 aromatic heterocycles. The molecule has 0 fully saturated rings. The normalized spacial score (nSPS) is 11.5. The largest absolute Gasteiger partial charge is 0.456 e. The van der Waals surface area contributed by atoms with Gasteiger partial charge in [0, 0.05) is 0 Å². The van der Waals surface area contributed by atoms with Crippen molar-refractivity contribution < 1.29 is 8.83 Å². The van der Waals surface area contributed by atoms with E-state index in [4.69, 9.17) is 8.83 Å². The molecule has 2 heterocycles. The fourth-order valence-electron chi connectivity index (χ4n) is 6.60. The lowest BCUT2D eigenvalue weighted by Crippen LogP contribution is -2.01. The van der Waals surface area contributed by atoms with Gasteiger partial charge >= 0.3 is 0 Å². The Bertz CT molecular complexity index is 2650. The number of benzene rings is 7. The van der Waals surface area contributed by atoms with Gasteiger partial charge in [-0.3, -0.25) is 9.59 Å². The summed E-state index contributed by atoms with van der Waals surface area (Å²) in [4.78, 5) is 26.6. The van der Waals surface area contributed by atoms with Gasteiger partial charge < -0.3 is 8.83 Å². The van der Waals surface area contributed by atoms with Crippen molar-refractivity contribution in [2.45, 2.75) is 0 Å². The summed E-state index contributed by atoms with van der Waals surface area (Å²) < 4.78 is 12.0. The number of hydrogen-bond acceptors (Lipinski definition) is 4. The number of fused-ring (bicyclic) bond motifs is 4. The molecule has 0 bridgehead atoms. The van der Waals surface area contributed by atoms with Crippen molar-refractivity contribution in [3.05, 3.63) is 178 Å². The van der Waals surface area contributed by atoms with Gasteiger partial charge in [-0.05, 0) is 111 Å². The molecule has 9 rings (SSSR count). The van der Waals surface area contributed by atoms with Gasteiger partial charge in [0.1, 0.15) is 22.3 Å². The molecule has 226 valence electrons. The van der Waals surface area contributed by atoms with Crippen LogP contribution in [-0.2, 0) is 0 Å². The van der Waals surface area contributed by atoms with Gasteiger partial charge in [-0.25, -0.2) is 0 Å². The standard InChI is InChI=1S/C44H26O4/c45-43-35-14-1-3-16-39(35)47-41-20-18-33(25-37(41)43)31-12-6-10-29(23-31)27-8-5-9-28(22-27)30-11-7-13-32(24-30)34-19-21-42-38(26-34)44(46)36-15-2-4-17-40(36)48-42/h1-26H. The zero-order chi connectivity index (χ0) is 32.2. The molecule has 0 saturated heterocycles. The van der Waals surface area contributed by atoms with Crippen molar-refractivity contribution >= 4 is 43.9 Å². The van der Waals surface area contributed by atoms with E-state index in [1.807, 2.05) is 84.9 Å². The molecule has 4 nitrogen and oxygen atoms in total. The summed E-state index contributed by atoms with van der Waals surface area (Å²) >= 11 is 0. The summed E-state index contributed by atoms with van der Waals surface area (Å²) in [5.74, 6) is 0. The third-order valence-electron chi connectivity index (χ3n) is 9.07. The van der Waals surface area contributed by atoms with E-state index >= 15 is 0 Å². The molecule has 0 saturated carbocycles. The second-order valence-corrected chi connectivity index (χ2v) is 12.0. The van der Waals surface area contributed by atoms with Crippen LogP contribution >= 0.6 is 0 Å². The lowest BCUT2D eigenvalue weighted by atomic mass is 9.94. The topological polar surface area (TPSA) is 60.4 Å². The zero-order valence-corrected chi connectivity index (χ0v) is 25.6. The Hall–Kier alpha value is -6.52. The SMILES string of the molecule is O=c1c2ccccc2oc2ccc(-c3cccc(-c4cccc(-c5cccc(-c6ccc7oc8ccccc8c(=O)c7c6)c5)c4)c3)cc12. The van der Waals surface area contributed by atoms with Gasteiger partial charge in [-0.2, -0.15) is 0 Å². The molecule has 0 aliphatic rings. The Morgan fingerprint density at radius 2 is 0.583 bits per heavy atom. The van der Waals surface area contributed by atoms with E-state index in [0.29, 0.717) is 43.9 Å². The Kier molecular flexibility index (Phi) is 6.41. The van der Waals surface area contributed by atoms with Crippen molar-refractivity contribution in [3.63, 3.8) is 0 Å². The first-order valence-corrected chi connectivity index (χ1v) is 15.8. The predicted octanol–water partition coefficient (Wildman–Crippen LogP) is 10.9. The molecule has 0 unspecified atom stereocenters. The van der Waals surface area contributed by atoms with Crippen molar-refractivity contribution in [3.8, 4) is 44.5 Å². The quantitative estimate of drug-likeness (QED) is 0.184. The summed E-state index contributed by atoms with van der Waals surface area (Å²) in [7, 11) is 0. The number of para-hydroxylation sites is 2. The molecule has 0 radical (unpaired) electrons. The third-order valence-corrected chi connectivity index (χ3v) is 9.07. The van der Waals surface area contributed by atoms with E-state index in [-0.39, 0.29) is 10.9 Å². The van der Waals surface area contributed by atoms with Crippen molar-refractivity contribution in [2.75, 3.05) is 0 Å². The monoisotopic (exact) mass is 618 g/mol. The van der Waals surface area contributed by atoms with E-state index in [9.17, 15) is 9.59 Å². The molecule has 48 heavy (non-hydrogen) atoms. The van der Waals surface area contributed by atoms with E-state index < -0.39 is 0 Å². The van der Waals surface area contributed by atoms with Crippen molar-refractivity contribution in [1.29, 1.82) is 0 Å². The molecule has 0 aliphatic carbocycles. The molecular formula is C44H26O4. The highest BCUT2D eigenvalue weighted by molar-refractivity contribution is 5.94. The summed E-state index contributed by atoms with van der Waals surface area (Å²) in [5, 5.41) is 2.30. The van der Waals surface area contributed by atoms with Crippen LogP contribution in [0.1, 0.15) is 0 Å². The Balaban J connectivity index is 1.07. The van der Waals surface area contributed by atoms with Crippen LogP contribution in [0.4, 0.5) is 0 Å². The van der Waals surface area contributed by atoms with Crippen LogP contribution in [-0.4, -0.2) is 0 Å². The van der Waals surface area contributed by atoms with Gasteiger partial charge in [0.25, 0.3) is 0 Å². The van der Waals surface area contributed by atoms with Gasteiger partial charge in [-0.1, -0.05) is 91.0 Å². The molecule has 0 N–H and O–H groups in total. The highest BCUT2D eigenvalue weighted by atomic mass is 16.3. The van der Waals surface area contributed by atoms with Crippen molar-refractivity contribution in [2.24, 2.45) is 0 Å². The highest BCUT2D eigenvalue weighted by Gasteiger charge is 2.12. The summed E-state index contributed by atoms with van der Waals surface area (Å²) in [6, 6.07) is 51.5. The third kappa shape index (κ3) is 4.70. The Morgan fingerprint density at radius 1 is 0.271 bits per heavy atom. The number of hydrogen-bond donors (Lipinski definition) is 0. The van der Waals surface area contributed by atoms with Crippen LogP contribution in [0.3, 0.4) is 0 Å². The molecule has 0 amide bonds. The summed E-state index contributed by atoms with van der Waals surface area (Å²) in [6.07, 6.45) is 0. The minimum absolute atomic E-state index is 0.0274. The molecule has 0 atom stereocenters. The Morgan fingerprint density at radius 3 is 0.958 bits per heavy atom. The maximum absolute atomic E-state index is 13.3. The van der Waals surface area contributed by atoms with Crippen LogP contribution in [0, 0.1) is 0 Å². The van der Waals surface area contributed by atoms with E-state index in [2.05, 4.69) is 60.7 Å². The molecular weight excluding hydrogens is 592 g/mol. The molecule has 0 aliphatic heterocycles. The van der Waals surface area contributed by atoms with Gasteiger partial charge in [0.05, 0.1) is 21.5 Å². The average Bonchev–Trinajstić information content (AvgIpc) is 3.15. The van der Waals surface area contributed by atoms with E-state index in [1.165, 1.54) is 0 Å². The maximum Gasteiger partial charge on any atom is 0.200 e. The number of rotatable bonds is 4. The lowest BCUT2D eigenvalue weighted by molar-refractivity contribution is 0.659. The average molecular weight is 619 g/mol. The predicted molar refractivity (Wildman–Crippen MR) is 195 cm³/mol. The summed E-state index contributed by atoms with van der Waals surface area (Å²) in [6.45, 7) is 0. The summed E-state index contributed by atoms with van der Waals surface area (Å²) in [5.41, 5.74) is 10.5. The van der Waals surface area contributed by atoms with Gasteiger partial charge in [-0.15, -0.1) is 0 Å². The first-order valence-electron chi connectivity index (χ1n) is 15.8. The smallest absolute Gasteiger partial charge is 0.200 e. The molecule has 7 aromatic carbocycles. The van der Waals surface area contributed by atoms with Gasteiger partial charge in [0.2, 0.25) is 10.9 Å². The van der Waals surface area contributed by atoms with E-state index in [0.717, 1.165) is 44.5 Å². The minimum Gasteiger partial charge on any atom is -0.456 e. The first kappa shape index (κ1) is 27.8. The maximum atomic E-state index is 13.3. The van der Waals surface area contributed by atoms with Crippen LogP contribution < -0.4 is 10.9 Å². The van der Waals surface area contributed by atoms with Crippen molar-refractivity contribution in [1.82, 2.24) is 0 Å².